The molecule has 14 heteroatoms. The van der Waals surface area contributed by atoms with E-state index in [-0.39, 0.29) is 35.3 Å². The van der Waals surface area contributed by atoms with E-state index < -0.39 is 23.1 Å². The Hall–Kier alpha value is -5.47. The topological polar surface area (TPSA) is 122 Å². The van der Waals surface area contributed by atoms with E-state index in [1.807, 2.05) is 18.2 Å². The molecule has 1 saturated heterocycles. The van der Waals surface area contributed by atoms with Gasteiger partial charge in [0.25, 0.3) is 11.5 Å². The monoisotopic (exact) mass is 693 g/mol. The number of hydrogen-bond donors (Lipinski definition) is 2. The highest BCUT2D eigenvalue weighted by molar-refractivity contribution is 5.92. The molecule has 2 N–H and O–H groups in total. The summed E-state index contributed by atoms with van der Waals surface area (Å²) < 4.78 is 32.3. The minimum Gasteiger partial charge on any atom is -0.348 e. The molecule has 262 valence electrons. The summed E-state index contributed by atoms with van der Waals surface area (Å²) in [5, 5.41) is 6.88. The first-order valence-electron chi connectivity index (χ1n) is 17.2. The first-order chi connectivity index (χ1) is 24.8. The molecule has 1 saturated carbocycles. The average molecular weight is 694 g/mol. The molecule has 2 aliphatic heterocycles. The Bertz CT molecular complexity index is 2250. The lowest BCUT2D eigenvalue weighted by Gasteiger charge is -2.30. The summed E-state index contributed by atoms with van der Waals surface area (Å²) in [6, 6.07) is 16.3. The molecule has 5 heterocycles. The van der Waals surface area contributed by atoms with Crippen LogP contribution in [-0.4, -0.2) is 71.8 Å². The SMILES string of the molecule is O=C(NC1CCC(n2c(=O)c3cc(F)cnc3n(-c3cccc(-c4ccc(CN5CCNCC5)cc4)c3)c2=O)CC1)c1cn2c(n1)C=CN(F)C2. The minimum atomic E-state index is -0.673. The molecule has 2 fully saturated rings. The van der Waals surface area contributed by atoms with Gasteiger partial charge in [-0.2, -0.15) is 5.12 Å². The number of benzene rings is 2. The fourth-order valence-corrected chi connectivity index (χ4v) is 7.36. The van der Waals surface area contributed by atoms with Gasteiger partial charge >= 0.3 is 5.69 Å². The van der Waals surface area contributed by atoms with Crippen molar-refractivity contribution in [2.45, 2.75) is 51.0 Å². The summed E-state index contributed by atoms with van der Waals surface area (Å²) in [6.45, 7) is 4.83. The maximum absolute atomic E-state index is 14.5. The standard InChI is InChI=1S/C37H37F2N9O3/c38-27-19-31-34(41-20-27)47(30-3-1-2-26(18-30)25-6-4-24(5-7-25)21-44-16-13-40-14-17-44)37(51)48(36(31)50)29-10-8-28(9-11-29)42-35(49)32-22-45-23-46(39)15-12-33(45)43-32/h1-7,12,15,18-20,22,28-29,40H,8-11,13-14,16-17,21,23H2,(H,42,49). The van der Waals surface area contributed by atoms with Crippen LogP contribution in [0.5, 0.6) is 0 Å². The van der Waals surface area contributed by atoms with Gasteiger partial charge in [0.2, 0.25) is 0 Å². The zero-order valence-electron chi connectivity index (χ0n) is 27.8. The number of nitrogens with one attached hydrogen (secondary N) is 2. The van der Waals surface area contributed by atoms with Gasteiger partial charge in [-0.25, -0.2) is 23.7 Å². The molecule has 0 atom stereocenters. The van der Waals surface area contributed by atoms with Crippen molar-refractivity contribution in [3.8, 4) is 16.8 Å². The lowest BCUT2D eigenvalue weighted by Crippen LogP contribution is -2.45. The van der Waals surface area contributed by atoms with Crippen molar-refractivity contribution in [3.05, 3.63) is 117 Å². The van der Waals surface area contributed by atoms with Crippen molar-refractivity contribution in [1.29, 1.82) is 0 Å². The Morgan fingerprint density at radius 1 is 0.980 bits per heavy atom. The van der Waals surface area contributed by atoms with Crippen molar-refractivity contribution < 1.29 is 13.7 Å². The molecule has 0 unspecified atom stereocenters. The third-order valence-corrected chi connectivity index (χ3v) is 10.0. The van der Waals surface area contributed by atoms with Crippen molar-refractivity contribution in [3.63, 3.8) is 0 Å². The fraction of sp³-hybridized carbons (Fsp3) is 0.324. The van der Waals surface area contributed by atoms with E-state index in [1.54, 1.807) is 10.6 Å². The molecule has 51 heavy (non-hydrogen) atoms. The van der Waals surface area contributed by atoms with Crippen LogP contribution in [0.2, 0.25) is 0 Å². The normalized spacial score (nSPS) is 19.3. The van der Waals surface area contributed by atoms with Gasteiger partial charge in [0.1, 0.15) is 24.0 Å². The van der Waals surface area contributed by atoms with Crippen LogP contribution in [0.3, 0.4) is 0 Å². The van der Waals surface area contributed by atoms with Gasteiger partial charge in [0.05, 0.1) is 17.3 Å². The number of rotatable bonds is 7. The molecule has 8 rings (SSSR count). The summed E-state index contributed by atoms with van der Waals surface area (Å²) >= 11 is 0. The van der Waals surface area contributed by atoms with Crippen LogP contribution < -0.4 is 21.9 Å². The van der Waals surface area contributed by atoms with Gasteiger partial charge in [-0.15, -0.1) is 0 Å². The predicted molar refractivity (Wildman–Crippen MR) is 188 cm³/mol. The van der Waals surface area contributed by atoms with E-state index in [4.69, 9.17) is 0 Å². The number of hydrogen-bond acceptors (Lipinski definition) is 8. The van der Waals surface area contributed by atoms with E-state index in [2.05, 4.69) is 49.8 Å². The second-order valence-corrected chi connectivity index (χ2v) is 13.4. The van der Waals surface area contributed by atoms with Crippen molar-refractivity contribution in [2.24, 2.45) is 0 Å². The van der Waals surface area contributed by atoms with E-state index in [9.17, 15) is 23.3 Å². The van der Waals surface area contributed by atoms with Gasteiger partial charge < -0.3 is 15.2 Å². The van der Waals surface area contributed by atoms with Gasteiger partial charge in [-0.1, -0.05) is 40.9 Å². The number of piperazine rings is 1. The van der Waals surface area contributed by atoms with Crippen LogP contribution in [0.1, 0.15) is 53.6 Å². The summed E-state index contributed by atoms with van der Waals surface area (Å²) in [5.41, 5.74) is 2.70. The number of nitrogens with zero attached hydrogens (tertiary/aromatic N) is 7. The Kier molecular flexibility index (Phi) is 8.78. The Morgan fingerprint density at radius 3 is 2.55 bits per heavy atom. The largest absolute Gasteiger partial charge is 0.348 e. The maximum Gasteiger partial charge on any atom is 0.337 e. The van der Waals surface area contributed by atoms with E-state index in [0.29, 0.717) is 42.3 Å². The summed E-state index contributed by atoms with van der Waals surface area (Å²) in [4.78, 5) is 52.1. The molecule has 12 nitrogen and oxygen atoms in total. The predicted octanol–water partition coefficient (Wildman–Crippen LogP) is 4.00. The van der Waals surface area contributed by atoms with Crippen molar-refractivity contribution in [2.75, 3.05) is 26.2 Å². The van der Waals surface area contributed by atoms with Gasteiger partial charge in [-0.3, -0.25) is 19.1 Å². The van der Waals surface area contributed by atoms with Gasteiger partial charge in [0.15, 0.2) is 5.65 Å². The Balaban J connectivity index is 1.05. The lowest BCUT2D eigenvalue weighted by atomic mass is 9.90. The second-order valence-electron chi connectivity index (χ2n) is 13.4. The van der Waals surface area contributed by atoms with Crippen molar-refractivity contribution in [1.82, 2.24) is 44.3 Å². The number of halogens is 2. The molecule has 5 aromatic rings. The third kappa shape index (κ3) is 6.59. The minimum absolute atomic E-state index is 0.0114. The van der Waals surface area contributed by atoms with E-state index in [1.165, 1.54) is 33.2 Å². The molecule has 0 spiro atoms. The molecule has 1 aliphatic carbocycles. The molecular formula is C37H37F2N9O3. The highest BCUT2D eigenvalue weighted by Gasteiger charge is 2.29. The van der Waals surface area contributed by atoms with E-state index in [0.717, 1.165) is 56.1 Å². The first-order valence-corrected chi connectivity index (χ1v) is 17.2. The van der Waals surface area contributed by atoms with Crippen LogP contribution in [-0.2, 0) is 13.2 Å². The maximum atomic E-state index is 14.5. The number of imidazole rings is 1. The smallest absolute Gasteiger partial charge is 0.337 e. The third-order valence-electron chi connectivity index (χ3n) is 10.0. The quantitative estimate of drug-likeness (QED) is 0.246. The second kappa shape index (κ2) is 13.7. The lowest BCUT2D eigenvalue weighted by molar-refractivity contribution is 0.0492. The van der Waals surface area contributed by atoms with Crippen molar-refractivity contribution >= 4 is 23.0 Å². The number of aromatic nitrogens is 5. The molecular weight excluding hydrogens is 656 g/mol. The zero-order valence-corrected chi connectivity index (χ0v) is 27.8. The van der Waals surface area contributed by atoms with Crippen LogP contribution in [0.25, 0.3) is 33.9 Å². The Labute approximate surface area is 291 Å². The summed E-state index contributed by atoms with van der Waals surface area (Å²) in [5.74, 6) is -0.562. The summed E-state index contributed by atoms with van der Waals surface area (Å²) in [7, 11) is 0. The number of amides is 1. The fourth-order valence-electron chi connectivity index (χ4n) is 7.36. The molecule has 1 amide bonds. The van der Waals surface area contributed by atoms with E-state index >= 15 is 0 Å². The molecule has 3 aromatic heterocycles. The number of pyridine rings is 1. The van der Waals surface area contributed by atoms with Crippen LogP contribution in [0, 0.1) is 5.82 Å². The van der Waals surface area contributed by atoms with Crippen LogP contribution >= 0.6 is 0 Å². The zero-order chi connectivity index (χ0) is 35.1. The van der Waals surface area contributed by atoms with Gasteiger partial charge in [-0.05, 0) is 66.6 Å². The highest BCUT2D eigenvalue weighted by atomic mass is 19.2. The average Bonchev–Trinajstić information content (AvgIpc) is 3.57. The molecule has 3 aliphatic rings. The van der Waals surface area contributed by atoms with Gasteiger partial charge in [0, 0.05) is 57.2 Å². The first kappa shape index (κ1) is 32.7. The number of fused-ring (bicyclic) bond motifs is 2. The highest BCUT2D eigenvalue weighted by Crippen LogP contribution is 2.29. The molecule has 2 aromatic carbocycles. The number of carbonyl (C=O) groups is 1. The molecule has 0 radical (unpaired) electrons. The van der Waals surface area contributed by atoms with Crippen LogP contribution in [0.4, 0.5) is 8.87 Å². The number of carbonyl (C=O) groups excluding carboxylic acids is 1. The Morgan fingerprint density at radius 2 is 1.76 bits per heavy atom. The summed E-state index contributed by atoms with van der Waals surface area (Å²) in [6.07, 6.45) is 7.15. The van der Waals surface area contributed by atoms with Crippen LogP contribution in [0.15, 0.2) is 82.8 Å². The molecule has 0 bridgehead atoms.